The van der Waals surface area contributed by atoms with Crippen molar-refractivity contribution in [1.82, 2.24) is 0 Å². The molecule has 0 saturated carbocycles. The number of benzene rings is 1. The van der Waals surface area contributed by atoms with Gasteiger partial charge in [0.05, 0.1) is 13.2 Å². The Morgan fingerprint density at radius 1 is 1.40 bits per heavy atom. The minimum absolute atomic E-state index is 0.143. The highest BCUT2D eigenvalue weighted by molar-refractivity contribution is 9.10. The maximum absolute atomic E-state index is 6.56. The first-order valence-corrected chi connectivity index (χ1v) is 8.33. The fourth-order valence-corrected chi connectivity index (χ4v) is 4.13. The molecule has 1 atom stereocenters. The van der Waals surface area contributed by atoms with Crippen molar-refractivity contribution in [1.29, 1.82) is 0 Å². The van der Waals surface area contributed by atoms with Crippen LogP contribution in [-0.4, -0.2) is 7.11 Å². The highest BCUT2D eigenvalue weighted by Crippen LogP contribution is 2.39. The third-order valence-corrected chi connectivity index (χ3v) is 5.53. The van der Waals surface area contributed by atoms with Crippen LogP contribution in [0.2, 0.25) is 0 Å². The first kappa shape index (κ1) is 15.5. The van der Waals surface area contributed by atoms with E-state index in [-0.39, 0.29) is 6.04 Å². The van der Waals surface area contributed by atoms with Gasteiger partial charge in [-0.25, -0.2) is 0 Å². The van der Waals surface area contributed by atoms with E-state index in [1.165, 1.54) is 10.4 Å². The number of methoxy groups -OCH3 is 1. The summed E-state index contributed by atoms with van der Waals surface area (Å²) in [6, 6.07) is 4.10. The number of ether oxygens (including phenoxy) is 1. The van der Waals surface area contributed by atoms with Crippen molar-refractivity contribution in [3.05, 3.63) is 49.1 Å². The number of nitrogens with two attached hydrogens (primary N) is 1. The van der Waals surface area contributed by atoms with Crippen LogP contribution >= 0.6 is 27.3 Å². The second-order valence-corrected chi connectivity index (χ2v) is 6.69. The minimum Gasteiger partial charge on any atom is -0.496 e. The molecule has 2 nitrogen and oxygen atoms in total. The summed E-state index contributed by atoms with van der Waals surface area (Å²) < 4.78 is 6.69. The summed E-state index contributed by atoms with van der Waals surface area (Å²) in [5, 5.41) is 2.11. The van der Waals surface area contributed by atoms with Gasteiger partial charge in [-0.2, -0.15) is 0 Å². The molecule has 0 bridgehead atoms. The molecule has 1 aromatic carbocycles. The number of aryl methyl sites for hydroxylation is 2. The van der Waals surface area contributed by atoms with Crippen LogP contribution in [0.5, 0.6) is 5.75 Å². The maximum Gasteiger partial charge on any atom is 0.127 e. The first-order chi connectivity index (χ1) is 9.51. The lowest BCUT2D eigenvalue weighted by atomic mass is 9.95. The second kappa shape index (κ2) is 6.29. The van der Waals surface area contributed by atoms with E-state index in [1.54, 1.807) is 18.4 Å². The van der Waals surface area contributed by atoms with Gasteiger partial charge in [0.25, 0.3) is 0 Å². The van der Waals surface area contributed by atoms with Crippen LogP contribution in [0.3, 0.4) is 0 Å². The van der Waals surface area contributed by atoms with Crippen molar-refractivity contribution < 1.29 is 4.74 Å². The van der Waals surface area contributed by atoms with E-state index in [0.29, 0.717) is 0 Å². The van der Waals surface area contributed by atoms with Crippen LogP contribution in [0.25, 0.3) is 0 Å². The van der Waals surface area contributed by atoms with Crippen LogP contribution in [0.15, 0.2) is 22.0 Å². The van der Waals surface area contributed by atoms with E-state index >= 15 is 0 Å². The average Bonchev–Trinajstić information content (AvgIpc) is 2.90. The molecule has 1 aromatic heterocycles. The topological polar surface area (TPSA) is 35.2 Å². The third-order valence-electron chi connectivity index (χ3n) is 3.67. The van der Waals surface area contributed by atoms with Gasteiger partial charge in [-0.3, -0.25) is 0 Å². The molecule has 2 aromatic rings. The van der Waals surface area contributed by atoms with E-state index < -0.39 is 0 Å². The Morgan fingerprint density at radius 2 is 2.10 bits per heavy atom. The molecule has 20 heavy (non-hydrogen) atoms. The smallest absolute Gasteiger partial charge is 0.127 e. The molecule has 0 aliphatic carbocycles. The molecule has 0 aliphatic heterocycles. The third kappa shape index (κ3) is 2.65. The van der Waals surface area contributed by atoms with E-state index in [9.17, 15) is 0 Å². The van der Waals surface area contributed by atoms with Crippen molar-refractivity contribution in [2.45, 2.75) is 33.2 Å². The average molecular weight is 354 g/mol. The fraction of sp³-hybridized carbons (Fsp3) is 0.375. The van der Waals surface area contributed by atoms with Crippen LogP contribution in [0.1, 0.15) is 40.1 Å². The molecular formula is C16H20BrNOS. The van der Waals surface area contributed by atoms with Gasteiger partial charge in [0.2, 0.25) is 0 Å². The van der Waals surface area contributed by atoms with E-state index in [1.807, 2.05) is 0 Å². The summed E-state index contributed by atoms with van der Waals surface area (Å²) in [6.07, 6.45) is 1.00. The molecule has 2 rings (SSSR count). The molecule has 0 fully saturated rings. The summed E-state index contributed by atoms with van der Waals surface area (Å²) in [5.74, 6) is 0.897. The van der Waals surface area contributed by atoms with Crippen LogP contribution in [0.4, 0.5) is 0 Å². The summed E-state index contributed by atoms with van der Waals surface area (Å²) in [6.45, 7) is 6.30. The summed E-state index contributed by atoms with van der Waals surface area (Å²) >= 11 is 5.34. The van der Waals surface area contributed by atoms with Crippen molar-refractivity contribution in [3.8, 4) is 5.75 Å². The Balaban J connectivity index is 2.62. The van der Waals surface area contributed by atoms with Gasteiger partial charge in [-0.1, -0.05) is 22.9 Å². The van der Waals surface area contributed by atoms with Gasteiger partial charge in [-0.05, 0) is 54.5 Å². The quantitative estimate of drug-likeness (QED) is 0.860. The summed E-state index contributed by atoms with van der Waals surface area (Å²) in [5.41, 5.74) is 11.2. The van der Waals surface area contributed by atoms with Crippen LogP contribution in [-0.2, 0) is 6.42 Å². The lowest BCUT2D eigenvalue weighted by molar-refractivity contribution is 0.404. The zero-order valence-electron chi connectivity index (χ0n) is 12.3. The number of hydrogen-bond acceptors (Lipinski definition) is 3. The standard InChI is InChI=1S/C16H20BrNOS/c1-5-11-6-7-20-16(11)14(18)13-10(3)12(17)8-9(2)15(13)19-4/h6-8,14H,5,18H2,1-4H3. The number of halogens is 1. The second-order valence-electron chi connectivity index (χ2n) is 4.89. The molecule has 0 amide bonds. The number of rotatable bonds is 4. The van der Waals surface area contributed by atoms with Gasteiger partial charge >= 0.3 is 0 Å². The molecule has 0 spiro atoms. The van der Waals surface area contributed by atoms with Crippen molar-refractivity contribution in [2.24, 2.45) is 5.73 Å². The van der Waals surface area contributed by atoms with Gasteiger partial charge in [0.15, 0.2) is 0 Å². The molecule has 4 heteroatoms. The van der Waals surface area contributed by atoms with Gasteiger partial charge in [0, 0.05) is 14.9 Å². The Kier molecular flexibility index (Phi) is 4.89. The van der Waals surface area contributed by atoms with Crippen molar-refractivity contribution >= 4 is 27.3 Å². The molecule has 0 radical (unpaired) electrons. The Morgan fingerprint density at radius 3 is 2.70 bits per heavy atom. The highest BCUT2D eigenvalue weighted by atomic mass is 79.9. The van der Waals surface area contributed by atoms with E-state index in [2.05, 4.69) is 54.2 Å². The molecule has 0 saturated heterocycles. The largest absolute Gasteiger partial charge is 0.496 e. The highest BCUT2D eigenvalue weighted by Gasteiger charge is 2.22. The molecule has 1 unspecified atom stereocenters. The molecule has 1 heterocycles. The zero-order chi connectivity index (χ0) is 14.9. The molecule has 0 aliphatic rings. The maximum atomic E-state index is 6.56. The normalized spacial score (nSPS) is 12.5. The zero-order valence-corrected chi connectivity index (χ0v) is 14.7. The summed E-state index contributed by atoms with van der Waals surface area (Å²) in [4.78, 5) is 1.23. The predicted molar refractivity (Wildman–Crippen MR) is 89.9 cm³/mol. The van der Waals surface area contributed by atoms with Gasteiger partial charge in [-0.15, -0.1) is 11.3 Å². The van der Waals surface area contributed by atoms with E-state index in [4.69, 9.17) is 10.5 Å². The van der Waals surface area contributed by atoms with Gasteiger partial charge < -0.3 is 10.5 Å². The van der Waals surface area contributed by atoms with Crippen molar-refractivity contribution in [2.75, 3.05) is 7.11 Å². The summed E-state index contributed by atoms with van der Waals surface area (Å²) in [7, 11) is 1.71. The minimum atomic E-state index is -0.143. The first-order valence-electron chi connectivity index (χ1n) is 6.66. The Bertz CT molecular complexity index is 621. The monoisotopic (exact) mass is 353 g/mol. The van der Waals surface area contributed by atoms with E-state index in [0.717, 1.165) is 33.3 Å². The predicted octanol–water partition coefficient (Wildman–Crippen LogP) is 4.75. The number of thiophene rings is 1. The van der Waals surface area contributed by atoms with Crippen LogP contribution < -0.4 is 10.5 Å². The van der Waals surface area contributed by atoms with Crippen molar-refractivity contribution in [3.63, 3.8) is 0 Å². The Labute approximate surface area is 133 Å². The lowest BCUT2D eigenvalue weighted by Gasteiger charge is -2.21. The SMILES string of the molecule is CCc1ccsc1C(N)c1c(C)c(Br)cc(C)c1OC. The fourth-order valence-electron chi connectivity index (χ4n) is 2.56. The number of hydrogen-bond donors (Lipinski definition) is 1. The molecular weight excluding hydrogens is 334 g/mol. The van der Waals surface area contributed by atoms with Crippen LogP contribution in [0, 0.1) is 13.8 Å². The van der Waals surface area contributed by atoms with Gasteiger partial charge in [0.1, 0.15) is 5.75 Å². The molecule has 2 N–H and O–H groups in total. The Hall–Kier alpha value is -0.840. The lowest BCUT2D eigenvalue weighted by Crippen LogP contribution is -2.15. The molecule has 108 valence electrons.